The summed E-state index contributed by atoms with van der Waals surface area (Å²) in [6.45, 7) is 1.55. The summed E-state index contributed by atoms with van der Waals surface area (Å²) in [7, 11) is -3.02. The number of nitrogens with one attached hydrogen (secondary N) is 1. The molecule has 0 atom stereocenters. The summed E-state index contributed by atoms with van der Waals surface area (Å²) in [5.41, 5.74) is 0.715. The maximum absolute atomic E-state index is 11.5. The van der Waals surface area contributed by atoms with Gasteiger partial charge in [-0.05, 0) is 22.4 Å². The van der Waals surface area contributed by atoms with Crippen LogP contribution in [-0.2, 0) is 21.1 Å². The minimum atomic E-state index is -3.02. The SMILES string of the molecule is CS(=O)(=O)CC1(NCc2ccc3ccccc3c2)COC1. The highest BCUT2D eigenvalue weighted by Gasteiger charge is 2.40. The monoisotopic (exact) mass is 305 g/mol. The summed E-state index contributed by atoms with van der Waals surface area (Å²) in [5.74, 6) is 0.119. The molecule has 0 saturated carbocycles. The van der Waals surface area contributed by atoms with Crippen LogP contribution in [0.4, 0.5) is 0 Å². The van der Waals surface area contributed by atoms with Gasteiger partial charge in [0.2, 0.25) is 0 Å². The van der Waals surface area contributed by atoms with E-state index in [1.54, 1.807) is 0 Å². The number of rotatable bonds is 5. The lowest BCUT2D eigenvalue weighted by Crippen LogP contribution is -2.63. The molecule has 1 aliphatic rings. The zero-order valence-electron chi connectivity index (χ0n) is 12.0. The van der Waals surface area contributed by atoms with Crippen LogP contribution in [0.5, 0.6) is 0 Å². The third-order valence-corrected chi connectivity index (χ3v) is 4.85. The predicted octanol–water partition coefficient (Wildman–Crippen LogP) is 1.74. The molecule has 112 valence electrons. The van der Waals surface area contributed by atoms with E-state index in [2.05, 4.69) is 35.6 Å². The average Bonchev–Trinajstić information content (AvgIpc) is 2.40. The van der Waals surface area contributed by atoms with Gasteiger partial charge >= 0.3 is 0 Å². The van der Waals surface area contributed by atoms with Crippen molar-refractivity contribution < 1.29 is 13.2 Å². The Labute approximate surface area is 125 Å². The van der Waals surface area contributed by atoms with Gasteiger partial charge in [0.25, 0.3) is 0 Å². The second-order valence-electron chi connectivity index (χ2n) is 5.88. The fourth-order valence-electron chi connectivity index (χ4n) is 2.73. The molecule has 0 aliphatic carbocycles. The fraction of sp³-hybridized carbons (Fsp3) is 0.375. The molecule has 5 heteroatoms. The van der Waals surface area contributed by atoms with Gasteiger partial charge in [0.1, 0.15) is 9.84 Å². The minimum Gasteiger partial charge on any atom is -0.377 e. The molecule has 3 rings (SSSR count). The molecule has 0 radical (unpaired) electrons. The van der Waals surface area contributed by atoms with Gasteiger partial charge in [-0.15, -0.1) is 0 Å². The van der Waals surface area contributed by atoms with Crippen molar-refractivity contribution in [1.29, 1.82) is 0 Å². The van der Waals surface area contributed by atoms with Crippen molar-refractivity contribution >= 4 is 20.6 Å². The summed E-state index contributed by atoms with van der Waals surface area (Å²) in [6, 6.07) is 14.5. The third kappa shape index (κ3) is 3.43. The van der Waals surface area contributed by atoms with Gasteiger partial charge in [-0.25, -0.2) is 8.42 Å². The molecule has 0 aromatic heterocycles. The second-order valence-corrected chi connectivity index (χ2v) is 8.02. The van der Waals surface area contributed by atoms with Crippen LogP contribution >= 0.6 is 0 Å². The maximum Gasteiger partial charge on any atom is 0.149 e. The smallest absolute Gasteiger partial charge is 0.149 e. The van der Waals surface area contributed by atoms with Crippen LogP contribution in [0.3, 0.4) is 0 Å². The van der Waals surface area contributed by atoms with Crippen molar-refractivity contribution in [1.82, 2.24) is 5.32 Å². The van der Waals surface area contributed by atoms with Gasteiger partial charge in [-0.3, -0.25) is 0 Å². The maximum atomic E-state index is 11.5. The van der Waals surface area contributed by atoms with E-state index in [-0.39, 0.29) is 5.75 Å². The van der Waals surface area contributed by atoms with Gasteiger partial charge in [0, 0.05) is 12.8 Å². The summed E-state index contributed by atoms with van der Waals surface area (Å²) in [6.07, 6.45) is 1.27. The van der Waals surface area contributed by atoms with E-state index in [0.29, 0.717) is 19.8 Å². The molecule has 21 heavy (non-hydrogen) atoms. The molecule has 0 unspecified atom stereocenters. The lowest BCUT2D eigenvalue weighted by molar-refractivity contribution is -0.0629. The molecular formula is C16H19NO3S. The van der Waals surface area contributed by atoms with Crippen LogP contribution in [0.25, 0.3) is 10.8 Å². The van der Waals surface area contributed by atoms with Crippen LogP contribution in [0.15, 0.2) is 42.5 Å². The van der Waals surface area contributed by atoms with Crippen LogP contribution in [-0.4, -0.2) is 39.2 Å². The van der Waals surface area contributed by atoms with Crippen molar-refractivity contribution in [3.05, 3.63) is 48.0 Å². The van der Waals surface area contributed by atoms with E-state index < -0.39 is 15.4 Å². The molecule has 1 fully saturated rings. The Balaban J connectivity index is 1.73. The van der Waals surface area contributed by atoms with Crippen molar-refractivity contribution in [2.45, 2.75) is 12.1 Å². The first-order valence-corrected chi connectivity index (χ1v) is 9.00. The molecule has 2 aromatic rings. The molecular weight excluding hydrogens is 286 g/mol. The van der Waals surface area contributed by atoms with E-state index in [1.165, 1.54) is 17.0 Å². The third-order valence-electron chi connectivity index (χ3n) is 3.78. The molecule has 4 nitrogen and oxygen atoms in total. The highest BCUT2D eigenvalue weighted by Crippen LogP contribution is 2.21. The van der Waals surface area contributed by atoms with E-state index in [1.807, 2.05) is 12.1 Å². The molecule has 0 bridgehead atoms. The molecule has 1 heterocycles. The molecule has 1 N–H and O–H groups in total. The predicted molar refractivity (Wildman–Crippen MR) is 84.0 cm³/mol. The van der Waals surface area contributed by atoms with E-state index >= 15 is 0 Å². The molecule has 1 saturated heterocycles. The van der Waals surface area contributed by atoms with Gasteiger partial charge in [-0.2, -0.15) is 0 Å². The van der Waals surface area contributed by atoms with Crippen molar-refractivity contribution in [3.8, 4) is 0 Å². The Hall–Kier alpha value is -1.43. The standard InChI is InChI=1S/C16H19NO3S/c1-21(18,19)12-16(10-20-11-16)17-9-13-6-7-14-4-2-3-5-15(14)8-13/h2-8,17H,9-12H2,1H3. The summed E-state index contributed by atoms with van der Waals surface area (Å²) in [4.78, 5) is 0. The van der Waals surface area contributed by atoms with Gasteiger partial charge < -0.3 is 10.1 Å². The normalized spacial score (nSPS) is 17.6. The average molecular weight is 305 g/mol. The summed E-state index contributed by atoms with van der Waals surface area (Å²) >= 11 is 0. The number of hydrogen-bond acceptors (Lipinski definition) is 4. The van der Waals surface area contributed by atoms with E-state index in [4.69, 9.17) is 4.74 Å². The van der Waals surface area contributed by atoms with Crippen LogP contribution < -0.4 is 5.32 Å². The Morgan fingerprint density at radius 3 is 2.48 bits per heavy atom. The number of benzene rings is 2. The van der Waals surface area contributed by atoms with Crippen molar-refractivity contribution in [3.63, 3.8) is 0 Å². The number of hydrogen-bond donors (Lipinski definition) is 1. The van der Waals surface area contributed by atoms with Gasteiger partial charge in [0.05, 0.1) is 24.5 Å². The quantitative estimate of drug-likeness (QED) is 0.914. The Morgan fingerprint density at radius 2 is 1.86 bits per heavy atom. The molecule has 0 spiro atoms. The topological polar surface area (TPSA) is 55.4 Å². The zero-order valence-corrected chi connectivity index (χ0v) is 12.8. The van der Waals surface area contributed by atoms with Crippen molar-refractivity contribution in [2.75, 3.05) is 25.2 Å². The van der Waals surface area contributed by atoms with Crippen LogP contribution in [0.2, 0.25) is 0 Å². The minimum absolute atomic E-state index is 0.119. The Kier molecular flexibility index (Phi) is 3.73. The summed E-state index contributed by atoms with van der Waals surface area (Å²) < 4.78 is 28.3. The zero-order chi connectivity index (χ0) is 14.9. The molecule has 1 aliphatic heterocycles. The Bertz CT molecular complexity index is 751. The molecule has 0 amide bonds. The largest absolute Gasteiger partial charge is 0.377 e. The first-order chi connectivity index (χ1) is 9.96. The first-order valence-electron chi connectivity index (χ1n) is 6.94. The number of fused-ring (bicyclic) bond motifs is 1. The summed E-state index contributed by atoms with van der Waals surface area (Å²) in [5, 5.41) is 5.77. The Morgan fingerprint density at radius 1 is 1.14 bits per heavy atom. The first kappa shape index (κ1) is 14.5. The highest BCUT2D eigenvalue weighted by atomic mass is 32.2. The molecule has 2 aromatic carbocycles. The number of sulfone groups is 1. The fourth-order valence-corrected chi connectivity index (χ4v) is 4.00. The number of ether oxygens (including phenoxy) is 1. The van der Waals surface area contributed by atoms with Crippen LogP contribution in [0, 0.1) is 0 Å². The van der Waals surface area contributed by atoms with E-state index in [9.17, 15) is 8.42 Å². The lowest BCUT2D eigenvalue weighted by Gasteiger charge is -2.41. The highest BCUT2D eigenvalue weighted by molar-refractivity contribution is 7.90. The van der Waals surface area contributed by atoms with Crippen molar-refractivity contribution in [2.24, 2.45) is 0 Å². The van der Waals surface area contributed by atoms with E-state index in [0.717, 1.165) is 5.56 Å². The lowest BCUT2D eigenvalue weighted by atomic mass is 9.99. The second kappa shape index (κ2) is 5.40. The van der Waals surface area contributed by atoms with Crippen LogP contribution in [0.1, 0.15) is 5.56 Å². The van der Waals surface area contributed by atoms with Gasteiger partial charge in [-0.1, -0.05) is 36.4 Å². The van der Waals surface area contributed by atoms with Gasteiger partial charge in [0.15, 0.2) is 0 Å².